The number of carboxylic acids is 1. The molecule has 136 valence electrons. The third-order valence-electron chi connectivity index (χ3n) is 4.54. The standard InChI is InChI=1S/C20H21NO5/c1-25-11-10-18(19(22)23)21-20(24)26-12-17-15-8-4-2-6-13(15)14-7-3-5-9-16(14)17/h2-9,17-18H,10-12H2,1H3,(H,21,24)(H,22,23)/t18-/m1/s1. The summed E-state index contributed by atoms with van der Waals surface area (Å²) in [5.41, 5.74) is 4.49. The van der Waals surface area contributed by atoms with Gasteiger partial charge in [-0.1, -0.05) is 48.5 Å². The number of rotatable bonds is 7. The van der Waals surface area contributed by atoms with Crippen molar-refractivity contribution < 1.29 is 24.2 Å². The molecular weight excluding hydrogens is 334 g/mol. The molecule has 1 amide bonds. The SMILES string of the molecule is COCC[C@@H](NC(=O)OCC1c2ccccc2-c2ccccc21)C(=O)O. The van der Waals surface area contributed by atoms with Crippen molar-refractivity contribution in [3.8, 4) is 11.1 Å². The van der Waals surface area contributed by atoms with Crippen molar-refractivity contribution in [1.82, 2.24) is 5.32 Å². The number of nitrogens with one attached hydrogen (secondary N) is 1. The predicted octanol–water partition coefficient (Wildman–Crippen LogP) is 3.01. The number of alkyl carbamates (subject to hydrolysis) is 1. The maximum Gasteiger partial charge on any atom is 0.407 e. The molecule has 6 nitrogen and oxygen atoms in total. The van der Waals surface area contributed by atoms with E-state index in [2.05, 4.69) is 17.4 Å². The Hall–Kier alpha value is -2.86. The number of hydrogen-bond donors (Lipinski definition) is 2. The van der Waals surface area contributed by atoms with Gasteiger partial charge in [0.25, 0.3) is 0 Å². The van der Waals surface area contributed by atoms with E-state index >= 15 is 0 Å². The Morgan fingerprint density at radius 2 is 1.65 bits per heavy atom. The normalized spacial score (nSPS) is 13.6. The fourth-order valence-corrected chi connectivity index (χ4v) is 3.28. The average molecular weight is 355 g/mol. The van der Waals surface area contributed by atoms with E-state index in [-0.39, 0.29) is 25.6 Å². The van der Waals surface area contributed by atoms with Gasteiger partial charge in [-0.3, -0.25) is 0 Å². The summed E-state index contributed by atoms with van der Waals surface area (Å²) < 4.78 is 10.2. The van der Waals surface area contributed by atoms with Crippen LogP contribution >= 0.6 is 0 Å². The molecule has 26 heavy (non-hydrogen) atoms. The Labute approximate surface area is 151 Å². The first-order valence-electron chi connectivity index (χ1n) is 8.45. The Kier molecular flexibility index (Phi) is 5.53. The summed E-state index contributed by atoms with van der Waals surface area (Å²) in [5, 5.41) is 11.5. The summed E-state index contributed by atoms with van der Waals surface area (Å²) in [6.07, 6.45) is -0.564. The zero-order valence-electron chi connectivity index (χ0n) is 14.5. The molecular formula is C20H21NO5. The Morgan fingerprint density at radius 3 is 2.19 bits per heavy atom. The molecule has 0 spiro atoms. The number of aliphatic carboxylic acids is 1. The van der Waals surface area contributed by atoms with E-state index in [1.807, 2.05) is 36.4 Å². The van der Waals surface area contributed by atoms with E-state index < -0.39 is 18.1 Å². The van der Waals surface area contributed by atoms with Crippen molar-refractivity contribution in [2.75, 3.05) is 20.3 Å². The highest BCUT2D eigenvalue weighted by Gasteiger charge is 2.29. The minimum atomic E-state index is -1.12. The molecule has 1 aliphatic rings. The number of methoxy groups -OCH3 is 1. The molecule has 0 bridgehead atoms. The van der Waals surface area contributed by atoms with Crippen molar-refractivity contribution in [3.63, 3.8) is 0 Å². The number of benzene rings is 2. The first-order valence-corrected chi connectivity index (χ1v) is 8.45. The number of amides is 1. The highest BCUT2D eigenvalue weighted by Crippen LogP contribution is 2.44. The number of carboxylic acid groups (broad SMARTS) is 1. The fraction of sp³-hybridized carbons (Fsp3) is 0.300. The fourth-order valence-electron chi connectivity index (χ4n) is 3.28. The smallest absolute Gasteiger partial charge is 0.407 e. The van der Waals surface area contributed by atoms with Gasteiger partial charge >= 0.3 is 12.1 Å². The first-order chi connectivity index (χ1) is 12.6. The molecule has 1 aliphatic carbocycles. The highest BCUT2D eigenvalue weighted by atomic mass is 16.5. The van der Waals surface area contributed by atoms with Crippen molar-refractivity contribution in [2.45, 2.75) is 18.4 Å². The topological polar surface area (TPSA) is 84.9 Å². The highest BCUT2D eigenvalue weighted by molar-refractivity contribution is 5.81. The van der Waals surface area contributed by atoms with Gasteiger partial charge in [0, 0.05) is 26.1 Å². The molecule has 2 aromatic carbocycles. The molecule has 6 heteroatoms. The summed E-state index contributed by atoms with van der Waals surface area (Å²) in [6.45, 7) is 0.386. The van der Waals surface area contributed by atoms with Crippen LogP contribution in [0.15, 0.2) is 48.5 Å². The van der Waals surface area contributed by atoms with Crippen LogP contribution in [0.25, 0.3) is 11.1 Å². The molecule has 0 aliphatic heterocycles. The zero-order chi connectivity index (χ0) is 18.5. The minimum absolute atomic E-state index is 0.0598. The minimum Gasteiger partial charge on any atom is -0.480 e. The van der Waals surface area contributed by atoms with E-state index in [9.17, 15) is 9.59 Å². The van der Waals surface area contributed by atoms with Crippen LogP contribution in [0.2, 0.25) is 0 Å². The van der Waals surface area contributed by atoms with Gasteiger partial charge in [-0.25, -0.2) is 9.59 Å². The van der Waals surface area contributed by atoms with Crippen LogP contribution in [0.1, 0.15) is 23.5 Å². The zero-order valence-corrected chi connectivity index (χ0v) is 14.5. The molecule has 0 saturated heterocycles. The average Bonchev–Trinajstić information content (AvgIpc) is 2.97. The quantitative estimate of drug-likeness (QED) is 0.797. The second kappa shape index (κ2) is 8.01. The molecule has 0 saturated carbocycles. The van der Waals surface area contributed by atoms with Crippen molar-refractivity contribution in [3.05, 3.63) is 59.7 Å². The number of carbonyl (C=O) groups excluding carboxylic acids is 1. The van der Waals surface area contributed by atoms with Gasteiger partial charge in [-0.15, -0.1) is 0 Å². The number of ether oxygens (including phenoxy) is 2. The van der Waals surface area contributed by atoms with E-state index in [0.717, 1.165) is 22.3 Å². The Morgan fingerprint density at radius 1 is 1.08 bits per heavy atom. The van der Waals surface area contributed by atoms with Crippen molar-refractivity contribution in [2.24, 2.45) is 0 Å². The van der Waals surface area contributed by atoms with Gasteiger partial charge in [0.2, 0.25) is 0 Å². The number of fused-ring (bicyclic) bond motifs is 3. The second-order valence-corrected chi connectivity index (χ2v) is 6.14. The van der Waals surface area contributed by atoms with E-state index in [0.29, 0.717) is 0 Å². The van der Waals surface area contributed by atoms with Crippen LogP contribution in [0.5, 0.6) is 0 Å². The molecule has 0 heterocycles. The summed E-state index contributed by atoms with van der Waals surface area (Å²) in [7, 11) is 1.48. The monoisotopic (exact) mass is 355 g/mol. The van der Waals surface area contributed by atoms with Crippen molar-refractivity contribution >= 4 is 12.1 Å². The molecule has 0 fully saturated rings. The maximum absolute atomic E-state index is 12.1. The predicted molar refractivity (Wildman–Crippen MR) is 96.1 cm³/mol. The van der Waals surface area contributed by atoms with Gasteiger partial charge in [-0.05, 0) is 22.3 Å². The Bertz CT molecular complexity index is 759. The van der Waals surface area contributed by atoms with E-state index in [1.165, 1.54) is 7.11 Å². The number of carbonyl (C=O) groups is 2. The van der Waals surface area contributed by atoms with Crippen LogP contribution in [-0.4, -0.2) is 43.5 Å². The van der Waals surface area contributed by atoms with Gasteiger partial charge in [0.1, 0.15) is 12.6 Å². The van der Waals surface area contributed by atoms with Crippen LogP contribution < -0.4 is 5.32 Å². The lowest BCUT2D eigenvalue weighted by molar-refractivity contribution is -0.139. The van der Waals surface area contributed by atoms with Crippen LogP contribution in [0.3, 0.4) is 0 Å². The Balaban J connectivity index is 1.68. The van der Waals surface area contributed by atoms with E-state index in [4.69, 9.17) is 14.6 Å². The molecule has 2 N–H and O–H groups in total. The molecule has 3 rings (SSSR count). The van der Waals surface area contributed by atoms with Crippen LogP contribution in [0, 0.1) is 0 Å². The van der Waals surface area contributed by atoms with Gasteiger partial charge in [-0.2, -0.15) is 0 Å². The largest absolute Gasteiger partial charge is 0.480 e. The third kappa shape index (κ3) is 3.70. The number of hydrogen-bond acceptors (Lipinski definition) is 4. The summed E-state index contributed by atoms with van der Waals surface area (Å²) in [4.78, 5) is 23.3. The van der Waals surface area contributed by atoms with Gasteiger partial charge in [0.15, 0.2) is 0 Å². The second-order valence-electron chi connectivity index (χ2n) is 6.14. The lowest BCUT2D eigenvalue weighted by Crippen LogP contribution is -2.42. The summed E-state index contributed by atoms with van der Waals surface area (Å²) in [5.74, 6) is -1.18. The third-order valence-corrected chi connectivity index (χ3v) is 4.54. The van der Waals surface area contributed by atoms with Gasteiger partial charge < -0.3 is 19.9 Å². The van der Waals surface area contributed by atoms with Crippen molar-refractivity contribution in [1.29, 1.82) is 0 Å². The molecule has 0 unspecified atom stereocenters. The van der Waals surface area contributed by atoms with Crippen LogP contribution in [-0.2, 0) is 14.3 Å². The first kappa shape index (κ1) is 17.9. The molecule has 2 aromatic rings. The maximum atomic E-state index is 12.1. The lowest BCUT2D eigenvalue weighted by Gasteiger charge is -2.17. The van der Waals surface area contributed by atoms with Gasteiger partial charge in [0.05, 0.1) is 0 Å². The van der Waals surface area contributed by atoms with E-state index in [1.54, 1.807) is 0 Å². The van der Waals surface area contributed by atoms with Crippen LogP contribution in [0.4, 0.5) is 4.79 Å². The molecule has 1 atom stereocenters. The lowest BCUT2D eigenvalue weighted by atomic mass is 9.98. The molecule has 0 aromatic heterocycles. The summed E-state index contributed by atoms with van der Waals surface area (Å²) in [6, 6.07) is 15.0. The molecule has 0 radical (unpaired) electrons. The summed E-state index contributed by atoms with van der Waals surface area (Å²) >= 11 is 0.